The first kappa shape index (κ1) is 9.88. The van der Waals surface area contributed by atoms with Gasteiger partial charge in [-0.2, -0.15) is 0 Å². The van der Waals surface area contributed by atoms with E-state index in [1.165, 1.54) is 0 Å². The summed E-state index contributed by atoms with van der Waals surface area (Å²) in [7, 11) is 0. The first-order chi connectivity index (χ1) is 5.77. The van der Waals surface area contributed by atoms with Crippen molar-refractivity contribution in [1.29, 1.82) is 0 Å². The van der Waals surface area contributed by atoms with Crippen molar-refractivity contribution in [2.45, 2.75) is 25.2 Å². The second kappa shape index (κ2) is 2.65. The molecule has 0 aromatic carbocycles. The molecular formula is C7H10F2N2O2. The Bertz CT molecular complexity index is 257. The van der Waals surface area contributed by atoms with Gasteiger partial charge >= 0.3 is 0 Å². The van der Waals surface area contributed by atoms with Crippen molar-refractivity contribution < 1.29 is 18.4 Å². The van der Waals surface area contributed by atoms with Crippen molar-refractivity contribution in [3.8, 4) is 0 Å². The number of rotatable bonds is 3. The summed E-state index contributed by atoms with van der Waals surface area (Å²) in [5, 5.41) is 0. The molecule has 1 saturated carbocycles. The van der Waals surface area contributed by atoms with Crippen molar-refractivity contribution in [2.24, 2.45) is 16.9 Å². The summed E-state index contributed by atoms with van der Waals surface area (Å²) in [4.78, 5) is 21.3. The van der Waals surface area contributed by atoms with E-state index in [4.69, 9.17) is 11.5 Å². The fourth-order valence-corrected chi connectivity index (χ4v) is 1.66. The smallest absolute Gasteiger partial charge is 0.250 e. The molecule has 4 nitrogen and oxygen atoms in total. The van der Waals surface area contributed by atoms with E-state index in [1.807, 2.05) is 0 Å². The molecule has 1 aliphatic rings. The molecule has 0 unspecified atom stereocenters. The van der Waals surface area contributed by atoms with Crippen LogP contribution < -0.4 is 11.5 Å². The Morgan fingerprint density at radius 3 is 1.92 bits per heavy atom. The molecule has 6 heteroatoms. The second-order valence-corrected chi connectivity index (χ2v) is 3.50. The SMILES string of the molecule is NC(=O)CC1(C(N)=O)CC(F)(F)C1. The molecule has 13 heavy (non-hydrogen) atoms. The van der Waals surface area contributed by atoms with E-state index in [0.29, 0.717) is 0 Å². The predicted octanol–water partition coefficient (Wildman–Crippen LogP) is -0.237. The van der Waals surface area contributed by atoms with Crippen LogP contribution in [0, 0.1) is 5.41 Å². The number of carbonyl (C=O) groups excluding carboxylic acids is 2. The van der Waals surface area contributed by atoms with Gasteiger partial charge in [-0.15, -0.1) is 0 Å². The lowest BCUT2D eigenvalue weighted by Crippen LogP contribution is -2.55. The Balaban J connectivity index is 2.71. The van der Waals surface area contributed by atoms with E-state index in [2.05, 4.69) is 0 Å². The third kappa shape index (κ3) is 1.76. The van der Waals surface area contributed by atoms with Crippen molar-refractivity contribution >= 4 is 11.8 Å². The molecule has 0 heterocycles. The zero-order chi connectivity index (χ0) is 10.3. The monoisotopic (exact) mass is 192 g/mol. The third-order valence-electron chi connectivity index (χ3n) is 2.23. The van der Waals surface area contributed by atoms with Crippen LogP contribution in [0.25, 0.3) is 0 Å². The van der Waals surface area contributed by atoms with Crippen molar-refractivity contribution in [1.82, 2.24) is 0 Å². The summed E-state index contributed by atoms with van der Waals surface area (Å²) in [6, 6.07) is 0. The first-order valence-corrected chi connectivity index (χ1v) is 3.73. The van der Waals surface area contributed by atoms with Gasteiger partial charge in [0.05, 0.1) is 5.41 Å². The lowest BCUT2D eigenvalue weighted by atomic mass is 9.63. The number of alkyl halides is 2. The molecule has 1 rings (SSSR count). The summed E-state index contributed by atoms with van der Waals surface area (Å²) in [6.45, 7) is 0. The number of carbonyl (C=O) groups is 2. The summed E-state index contributed by atoms with van der Waals surface area (Å²) >= 11 is 0. The minimum atomic E-state index is -2.88. The van der Waals surface area contributed by atoms with Crippen LogP contribution in [-0.4, -0.2) is 17.7 Å². The third-order valence-corrected chi connectivity index (χ3v) is 2.23. The summed E-state index contributed by atoms with van der Waals surface area (Å²) in [5.74, 6) is -4.55. The average molecular weight is 192 g/mol. The predicted molar refractivity (Wildman–Crippen MR) is 39.6 cm³/mol. The normalized spacial score (nSPS) is 23.2. The van der Waals surface area contributed by atoms with E-state index in [1.54, 1.807) is 0 Å². The van der Waals surface area contributed by atoms with Crippen LogP contribution in [0.2, 0.25) is 0 Å². The first-order valence-electron chi connectivity index (χ1n) is 3.73. The number of nitrogens with two attached hydrogens (primary N) is 2. The maximum absolute atomic E-state index is 12.5. The van der Waals surface area contributed by atoms with Gasteiger partial charge in [0.15, 0.2) is 0 Å². The lowest BCUT2D eigenvalue weighted by molar-refractivity contribution is -0.179. The molecule has 4 N–H and O–H groups in total. The van der Waals surface area contributed by atoms with Crippen LogP contribution in [0.5, 0.6) is 0 Å². The maximum atomic E-state index is 12.5. The van der Waals surface area contributed by atoms with E-state index in [9.17, 15) is 18.4 Å². The minimum Gasteiger partial charge on any atom is -0.370 e. The fraction of sp³-hybridized carbons (Fsp3) is 0.714. The van der Waals surface area contributed by atoms with Crippen LogP contribution in [-0.2, 0) is 9.59 Å². The largest absolute Gasteiger partial charge is 0.370 e. The number of amides is 2. The Kier molecular flexibility index (Phi) is 2.01. The molecule has 0 bridgehead atoms. The molecule has 0 aromatic heterocycles. The summed E-state index contributed by atoms with van der Waals surface area (Å²) in [6.07, 6.45) is -1.73. The highest BCUT2D eigenvalue weighted by molar-refractivity contribution is 5.88. The zero-order valence-corrected chi connectivity index (χ0v) is 6.85. The van der Waals surface area contributed by atoms with Crippen LogP contribution in [0.3, 0.4) is 0 Å². The van der Waals surface area contributed by atoms with Gasteiger partial charge in [0.1, 0.15) is 0 Å². The molecule has 0 spiro atoms. The van der Waals surface area contributed by atoms with Crippen molar-refractivity contribution in [3.63, 3.8) is 0 Å². The van der Waals surface area contributed by atoms with E-state index in [0.717, 1.165) is 0 Å². The van der Waals surface area contributed by atoms with E-state index < -0.39 is 42.4 Å². The van der Waals surface area contributed by atoms with Gasteiger partial charge in [0.25, 0.3) is 0 Å². The molecule has 2 amide bonds. The highest BCUT2D eigenvalue weighted by Gasteiger charge is 2.60. The summed E-state index contributed by atoms with van der Waals surface area (Å²) < 4.78 is 25.0. The van der Waals surface area contributed by atoms with Gasteiger partial charge in [0.2, 0.25) is 17.7 Å². The van der Waals surface area contributed by atoms with Crippen molar-refractivity contribution in [3.05, 3.63) is 0 Å². The maximum Gasteiger partial charge on any atom is 0.250 e. The average Bonchev–Trinajstić information content (AvgIpc) is 1.80. The van der Waals surface area contributed by atoms with Crippen LogP contribution in [0.15, 0.2) is 0 Å². The van der Waals surface area contributed by atoms with Crippen molar-refractivity contribution in [2.75, 3.05) is 0 Å². The van der Waals surface area contributed by atoms with Crippen LogP contribution in [0.4, 0.5) is 8.78 Å². The molecule has 0 atom stereocenters. The lowest BCUT2D eigenvalue weighted by Gasteiger charge is -2.44. The Morgan fingerprint density at radius 1 is 1.23 bits per heavy atom. The molecule has 0 saturated heterocycles. The highest BCUT2D eigenvalue weighted by atomic mass is 19.3. The van der Waals surface area contributed by atoms with E-state index >= 15 is 0 Å². The van der Waals surface area contributed by atoms with Gasteiger partial charge in [0, 0.05) is 19.3 Å². The molecule has 74 valence electrons. The molecule has 1 aliphatic carbocycles. The Morgan fingerprint density at radius 2 is 1.69 bits per heavy atom. The summed E-state index contributed by atoms with van der Waals surface area (Å²) in [5.41, 5.74) is 8.34. The molecular weight excluding hydrogens is 182 g/mol. The Hall–Kier alpha value is -1.20. The quantitative estimate of drug-likeness (QED) is 0.646. The van der Waals surface area contributed by atoms with E-state index in [-0.39, 0.29) is 0 Å². The standard InChI is InChI=1S/C7H10F2N2O2/c8-7(9)2-6(3-7,5(11)13)1-4(10)12/h1-3H2,(H2,10,12)(H2,11,13). The molecule has 1 fully saturated rings. The molecule has 0 aromatic rings. The Labute approximate surface area is 73.3 Å². The van der Waals surface area contributed by atoms with Gasteiger partial charge < -0.3 is 11.5 Å². The highest BCUT2D eigenvalue weighted by Crippen LogP contribution is 2.53. The topological polar surface area (TPSA) is 86.2 Å². The molecule has 0 radical (unpaired) electrons. The number of primary amides is 2. The molecule has 0 aliphatic heterocycles. The van der Waals surface area contributed by atoms with Crippen LogP contribution in [0.1, 0.15) is 19.3 Å². The van der Waals surface area contributed by atoms with Gasteiger partial charge in [-0.3, -0.25) is 9.59 Å². The van der Waals surface area contributed by atoms with Gasteiger partial charge in [-0.05, 0) is 0 Å². The number of halogens is 2. The fourth-order valence-electron chi connectivity index (χ4n) is 1.66. The van der Waals surface area contributed by atoms with Crippen LogP contribution >= 0.6 is 0 Å². The van der Waals surface area contributed by atoms with Gasteiger partial charge in [-0.25, -0.2) is 8.78 Å². The minimum absolute atomic E-state index is 0.391. The zero-order valence-electron chi connectivity index (χ0n) is 6.85. The number of hydrogen-bond donors (Lipinski definition) is 2. The number of hydrogen-bond acceptors (Lipinski definition) is 2. The second-order valence-electron chi connectivity index (χ2n) is 3.50. The van der Waals surface area contributed by atoms with Gasteiger partial charge in [-0.1, -0.05) is 0 Å².